The summed E-state index contributed by atoms with van der Waals surface area (Å²) < 4.78 is 0. The van der Waals surface area contributed by atoms with Gasteiger partial charge in [0.1, 0.15) is 0 Å². The summed E-state index contributed by atoms with van der Waals surface area (Å²) in [5, 5.41) is 3.73. The molecule has 1 aliphatic heterocycles. The van der Waals surface area contributed by atoms with Gasteiger partial charge < -0.3 is 10.2 Å². The third kappa shape index (κ3) is 5.45. The van der Waals surface area contributed by atoms with Crippen molar-refractivity contribution in [1.82, 2.24) is 10.2 Å². The van der Waals surface area contributed by atoms with E-state index in [-0.39, 0.29) is 0 Å². The lowest BCUT2D eigenvalue weighted by Gasteiger charge is -2.38. The van der Waals surface area contributed by atoms with Crippen molar-refractivity contribution in [2.45, 2.75) is 45.2 Å². The van der Waals surface area contributed by atoms with Crippen molar-refractivity contribution >= 4 is 11.8 Å². The van der Waals surface area contributed by atoms with Gasteiger partial charge in [-0.1, -0.05) is 12.5 Å². The Kier molecular flexibility index (Phi) is 7.24. The Morgan fingerprint density at radius 3 is 2.94 bits per heavy atom. The summed E-state index contributed by atoms with van der Waals surface area (Å²) in [6, 6.07) is 1.32. The van der Waals surface area contributed by atoms with Crippen LogP contribution >= 0.6 is 11.8 Å². The van der Waals surface area contributed by atoms with Gasteiger partial charge in [0.05, 0.1) is 0 Å². The van der Waals surface area contributed by atoms with Crippen LogP contribution < -0.4 is 5.32 Å². The summed E-state index contributed by atoms with van der Waals surface area (Å²) in [6.45, 7) is 10.8. The van der Waals surface area contributed by atoms with Crippen LogP contribution in [-0.4, -0.2) is 48.6 Å². The summed E-state index contributed by atoms with van der Waals surface area (Å²) in [4.78, 5) is 2.53. The maximum Gasteiger partial charge on any atom is 0.0337 e. The first kappa shape index (κ1) is 15.1. The van der Waals surface area contributed by atoms with Crippen LogP contribution in [0.3, 0.4) is 0 Å². The zero-order valence-corrected chi connectivity index (χ0v) is 12.5. The quantitative estimate of drug-likeness (QED) is 0.705. The molecule has 0 aromatic rings. The molecule has 2 atom stereocenters. The molecule has 17 heavy (non-hydrogen) atoms. The van der Waals surface area contributed by atoms with Crippen LogP contribution in [0.25, 0.3) is 0 Å². The molecule has 0 aromatic carbocycles. The molecule has 2 nitrogen and oxygen atoms in total. The summed E-state index contributed by atoms with van der Waals surface area (Å²) in [5.41, 5.74) is 1.31. The Balaban J connectivity index is 2.49. The SMILES string of the molecule is C=C(C)CCC(NCCC)C1CSCCN1C. The molecule has 0 aromatic heterocycles. The third-order valence-electron chi connectivity index (χ3n) is 3.45. The molecule has 0 spiro atoms. The van der Waals surface area contributed by atoms with Crippen LogP contribution in [0.5, 0.6) is 0 Å². The van der Waals surface area contributed by atoms with Crippen LogP contribution in [0.2, 0.25) is 0 Å². The van der Waals surface area contributed by atoms with Gasteiger partial charge in [0.25, 0.3) is 0 Å². The molecule has 1 aliphatic rings. The zero-order valence-electron chi connectivity index (χ0n) is 11.7. The van der Waals surface area contributed by atoms with Crippen molar-refractivity contribution in [1.29, 1.82) is 0 Å². The smallest absolute Gasteiger partial charge is 0.0337 e. The predicted octanol–water partition coefficient (Wildman–Crippen LogP) is 2.76. The maximum atomic E-state index is 4.02. The van der Waals surface area contributed by atoms with E-state index >= 15 is 0 Å². The number of hydrogen-bond acceptors (Lipinski definition) is 3. The van der Waals surface area contributed by atoms with Gasteiger partial charge in [0, 0.05) is 30.1 Å². The molecule has 100 valence electrons. The van der Waals surface area contributed by atoms with Crippen LogP contribution in [0.1, 0.15) is 33.1 Å². The summed E-state index contributed by atoms with van der Waals surface area (Å²) in [6.07, 6.45) is 3.59. The van der Waals surface area contributed by atoms with Crippen LogP contribution in [-0.2, 0) is 0 Å². The first-order valence-corrected chi connectivity index (χ1v) is 7.96. The molecular formula is C14H28N2S. The molecule has 0 aliphatic carbocycles. The molecule has 0 amide bonds. The minimum atomic E-state index is 0.629. The molecule has 2 unspecified atom stereocenters. The number of nitrogens with one attached hydrogen (secondary N) is 1. The Labute approximate surface area is 111 Å². The fourth-order valence-electron chi connectivity index (χ4n) is 2.29. The molecular weight excluding hydrogens is 228 g/mol. The predicted molar refractivity (Wildman–Crippen MR) is 79.9 cm³/mol. The first-order valence-electron chi connectivity index (χ1n) is 6.81. The Bertz CT molecular complexity index is 230. The topological polar surface area (TPSA) is 15.3 Å². The van der Waals surface area contributed by atoms with Gasteiger partial charge in [-0.05, 0) is 39.8 Å². The van der Waals surface area contributed by atoms with Crippen molar-refractivity contribution in [3.05, 3.63) is 12.2 Å². The van der Waals surface area contributed by atoms with Crippen molar-refractivity contribution in [2.24, 2.45) is 0 Å². The van der Waals surface area contributed by atoms with Gasteiger partial charge in [-0.3, -0.25) is 0 Å². The minimum Gasteiger partial charge on any atom is -0.312 e. The second kappa shape index (κ2) is 8.17. The Hall–Kier alpha value is 0.01000. The standard InChI is InChI=1S/C14H28N2S/c1-5-8-15-13(7-6-12(2)3)14-11-17-10-9-16(14)4/h13-15H,2,5-11H2,1,3-4H3. The van der Waals surface area contributed by atoms with E-state index in [1.807, 2.05) is 0 Å². The first-order chi connectivity index (χ1) is 8.15. The van der Waals surface area contributed by atoms with Crippen molar-refractivity contribution < 1.29 is 0 Å². The van der Waals surface area contributed by atoms with E-state index in [0.717, 1.165) is 13.0 Å². The fourth-order valence-corrected chi connectivity index (χ4v) is 3.60. The van der Waals surface area contributed by atoms with Crippen molar-refractivity contribution in [2.75, 3.05) is 31.6 Å². The lowest BCUT2D eigenvalue weighted by atomic mass is 10.00. The Morgan fingerprint density at radius 2 is 2.35 bits per heavy atom. The van der Waals surface area contributed by atoms with E-state index in [0.29, 0.717) is 12.1 Å². The average Bonchev–Trinajstić information content (AvgIpc) is 2.30. The molecule has 0 bridgehead atoms. The van der Waals surface area contributed by atoms with Gasteiger partial charge >= 0.3 is 0 Å². The normalized spacial score (nSPS) is 23.6. The number of hydrogen-bond donors (Lipinski definition) is 1. The van der Waals surface area contributed by atoms with Gasteiger partial charge in [0.15, 0.2) is 0 Å². The highest BCUT2D eigenvalue weighted by molar-refractivity contribution is 7.99. The van der Waals surface area contributed by atoms with Gasteiger partial charge in [-0.15, -0.1) is 6.58 Å². The number of rotatable bonds is 7. The van der Waals surface area contributed by atoms with Crippen LogP contribution in [0, 0.1) is 0 Å². The highest BCUT2D eigenvalue weighted by Crippen LogP contribution is 2.20. The van der Waals surface area contributed by atoms with E-state index in [1.54, 1.807) is 0 Å². The lowest BCUT2D eigenvalue weighted by Crippen LogP contribution is -2.52. The molecule has 0 saturated carbocycles. The number of likely N-dealkylation sites (N-methyl/N-ethyl adjacent to an activating group) is 1. The van der Waals surface area contributed by atoms with Crippen LogP contribution in [0.4, 0.5) is 0 Å². The molecule has 1 N–H and O–H groups in total. The van der Waals surface area contributed by atoms with Gasteiger partial charge in [0.2, 0.25) is 0 Å². The second-order valence-corrected chi connectivity index (χ2v) is 6.33. The number of nitrogens with zero attached hydrogens (tertiary/aromatic N) is 1. The molecule has 1 heterocycles. The second-order valence-electron chi connectivity index (χ2n) is 5.18. The average molecular weight is 256 g/mol. The number of thioether (sulfide) groups is 1. The van der Waals surface area contributed by atoms with Gasteiger partial charge in [-0.25, -0.2) is 0 Å². The van der Waals surface area contributed by atoms with Crippen LogP contribution in [0.15, 0.2) is 12.2 Å². The Morgan fingerprint density at radius 1 is 1.59 bits per heavy atom. The zero-order chi connectivity index (χ0) is 12.7. The van der Waals surface area contributed by atoms with E-state index in [9.17, 15) is 0 Å². The molecule has 1 saturated heterocycles. The molecule has 3 heteroatoms. The summed E-state index contributed by atoms with van der Waals surface area (Å²) >= 11 is 2.10. The fraction of sp³-hybridized carbons (Fsp3) is 0.857. The highest BCUT2D eigenvalue weighted by atomic mass is 32.2. The van der Waals surface area contributed by atoms with E-state index in [4.69, 9.17) is 0 Å². The largest absolute Gasteiger partial charge is 0.312 e. The maximum absolute atomic E-state index is 4.02. The van der Waals surface area contributed by atoms with E-state index in [2.05, 4.69) is 49.5 Å². The van der Waals surface area contributed by atoms with Crippen molar-refractivity contribution in [3.8, 4) is 0 Å². The van der Waals surface area contributed by atoms with Crippen molar-refractivity contribution in [3.63, 3.8) is 0 Å². The number of allylic oxidation sites excluding steroid dienone is 1. The monoisotopic (exact) mass is 256 g/mol. The highest BCUT2D eigenvalue weighted by Gasteiger charge is 2.27. The molecule has 1 fully saturated rings. The van der Waals surface area contributed by atoms with Gasteiger partial charge in [-0.2, -0.15) is 11.8 Å². The summed E-state index contributed by atoms with van der Waals surface area (Å²) in [5.74, 6) is 2.56. The third-order valence-corrected chi connectivity index (χ3v) is 4.49. The summed E-state index contributed by atoms with van der Waals surface area (Å²) in [7, 11) is 2.27. The van der Waals surface area contributed by atoms with E-state index in [1.165, 1.54) is 36.5 Å². The molecule has 1 rings (SSSR count). The minimum absolute atomic E-state index is 0.629. The van der Waals surface area contributed by atoms with E-state index < -0.39 is 0 Å². The molecule has 0 radical (unpaired) electrons. The lowest BCUT2D eigenvalue weighted by molar-refractivity contribution is 0.208.